The molecule has 6 nitrogen and oxygen atoms in total. The zero-order valence-electron chi connectivity index (χ0n) is 14.4. The normalized spacial score (nSPS) is 23.3. The number of morpholine rings is 1. The van der Waals surface area contributed by atoms with Gasteiger partial charge in [-0.3, -0.25) is 9.59 Å². The van der Waals surface area contributed by atoms with Gasteiger partial charge in [-0.15, -0.1) is 12.4 Å². The van der Waals surface area contributed by atoms with E-state index in [2.05, 4.69) is 5.32 Å². The molecular formula is C17H22ClF2N3O3. The molecule has 1 aromatic carbocycles. The fourth-order valence-electron chi connectivity index (χ4n) is 3.15. The van der Waals surface area contributed by atoms with E-state index in [0.717, 1.165) is 12.1 Å². The Morgan fingerprint density at radius 2 is 1.77 bits per heavy atom. The summed E-state index contributed by atoms with van der Waals surface area (Å²) in [6, 6.07) is 2.74. The molecule has 0 spiro atoms. The Morgan fingerprint density at radius 1 is 1.12 bits per heavy atom. The summed E-state index contributed by atoms with van der Waals surface area (Å²) in [4.78, 5) is 28.2. The van der Waals surface area contributed by atoms with Crippen LogP contribution in [0, 0.1) is 11.6 Å². The van der Waals surface area contributed by atoms with Crippen molar-refractivity contribution in [3.05, 3.63) is 35.4 Å². The van der Waals surface area contributed by atoms with Crippen LogP contribution >= 0.6 is 12.4 Å². The van der Waals surface area contributed by atoms with Crippen molar-refractivity contribution in [2.24, 2.45) is 0 Å². The molecule has 2 fully saturated rings. The van der Waals surface area contributed by atoms with Crippen LogP contribution in [0.2, 0.25) is 0 Å². The van der Waals surface area contributed by atoms with E-state index in [-0.39, 0.29) is 41.9 Å². The molecule has 0 radical (unpaired) electrons. The van der Waals surface area contributed by atoms with E-state index in [1.165, 1.54) is 6.07 Å². The van der Waals surface area contributed by atoms with Gasteiger partial charge in [0.2, 0.25) is 5.91 Å². The zero-order valence-corrected chi connectivity index (χ0v) is 15.2. The number of hydrogen-bond donors (Lipinski definition) is 1. The highest BCUT2D eigenvalue weighted by Crippen LogP contribution is 2.14. The van der Waals surface area contributed by atoms with Crippen molar-refractivity contribution in [3.63, 3.8) is 0 Å². The van der Waals surface area contributed by atoms with Gasteiger partial charge < -0.3 is 19.9 Å². The van der Waals surface area contributed by atoms with Gasteiger partial charge >= 0.3 is 0 Å². The Labute approximate surface area is 156 Å². The molecule has 0 bridgehead atoms. The first-order chi connectivity index (χ1) is 12.0. The van der Waals surface area contributed by atoms with E-state index in [0.29, 0.717) is 39.3 Å². The van der Waals surface area contributed by atoms with Crippen LogP contribution in [-0.4, -0.2) is 73.1 Å². The van der Waals surface area contributed by atoms with Crippen LogP contribution in [0.3, 0.4) is 0 Å². The summed E-state index contributed by atoms with van der Waals surface area (Å²) in [6.07, 6.45) is -0.192. The Bertz CT molecular complexity index is 669. The van der Waals surface area contributed by atoms with Crippen molar-refractivity contribution >= 4 is 24.2 Å². The van der Waals surface area contributed by atoms with Crippen LogP contribution in [0.15, 0.2) is 18.2 Å². The lowest BCUT2D eigenvalue weighted by Crippen LogP contribution is -2.60. The molecule has 1 aromatic rings. The van der Waals surface area contributed by atoms with Crippen molar-refractivity contribution < 1.29 is 23.1 Å². The van der Waals surface area contributed by atoms with E-state index in [1.54, 1.807) is 9.80 Å². The Kier molecular flexibility index (Phi) is 6.91. The number of benzene rings is 1. The summed E-state index contributed by atoms with van der Waals surface area (Å²) in [7, 11) is 0. The second kappa shape index (κ2) is 8.75. The fraction of sp³-hybridized carbons (Fsp3) is 0.529. The van der Waals surface area contributed by atoms with Gasteiger partial charge in [-0.2, -0.15) is 0 Å². The standard InChI is InChI=1S/C17H21F2N3O3.ClH/c1-11-15(20-4-9-25-11)17(24)22-7-5-21(6-8-22)16(23)12-2-3-13(18)14(19)10-12;/h2-3,10-11,15,20H,4-9H2,1H3;1H/t11-,15+;/m1./s1. The summed E-state index contributed by atoms with van der Waals surface area (Å²) in [5.74, 6) is -2.43. The summed E-state index contributed by atoms with van der Waals surface area (Å²) >= 11 is 0. The van der Waals surface area contributed by atoms with Gasteiger partial charge in [0.25, 0.3) is 5.91 Å². The first-order valence-corrected chi connectivity index (χ1v) is 8.35. The number of hydrogen-bond acceptors (Lipinski definition) is 4. The molecule has 1 N–H and O–H groups in total. The van der Waals surface area contributed by atoms with Gasteiger partial charge in [0.1, 0.15) is 6.04 Å². The second-order valence-corrected chi connectivity index (χ2v) is 6.25. The van der Waals surface area contributed by atoms with E-state index < -0.39 is 11.6 Å². The molecule has 0 aromatic heterocycles. The molecule has 0 aliphatic carbocycles. The third-order valence-electron chi connectivity index (χ3n) is 4.63. The van der Waals surface area contributed by atoms with Crippen molar-refractivity contribution in [1.29, 1.82) is 0 Å². The van der Waals surface area contributed by atoms with Crippen molar-refractivity contribution in [1.82, 2.24) is 15.1 Å². The SMILES string of the molecule is C[C@H]1OCCN[C@@H]1C(=O)N1CCN(C(=O)c2ccc(F)c(F)c2)CC1.Cl. The van der Waals surface area contributed by atoms with Gasteiger partial charge in [0.05, 0.1) is 12.7 Å². The Morgan fingerprint density at radius 3 is 2.38 bits per heavy atom. The molecule has 9 heteroatoms. The van der Waals surface area contributed by atoms with E-state index in [1.807, 2.05) is 6.92 Å². The quantitative estimate of drug-likeness (QED) is 0.821. The number of ether oxygens (including phenoxy) is 1. The average Bonchev–Trinajstić information content (AvgIpc) is 2.63. The van der Waals surface area contributed by atoms with Crippen LogP contribution in [0.4, 0.5) is 8.78 Å². The molecule has 144 valence electrons. The van der Waals surface area contributed by atoms with Crippen molar-refractivity contribution in [2.45, 2.75) is 19.1 Å². The molecule has 2 aliphatic rings. The van der Waals surface area contributed by atoms with Gasteiger partial charge in [-0.05, 0) is 25.1 Å². The first-order valence-electron chi connectivity index (χ1n) is 8.35. The van der Waals surface area contributed by atoms with Crippen LogP contribution in [0.5, 0.6) is 0 Å². The third kappa shape index (κ3) is 4.31. The minimum atomic E-state index is -1.04. The highest BCUT2D eigenvalue weighted by atomic mass is 35.5. The number of carbonyl (C=O) groups is 2. The number of halogens is 3. The number of nitrogens with zero attached hydrogens (tertiary/aromatic N) is 2. The molecule has 0 unspecified atom stereocenters. The van der Waals surface area contributed by atoms with Crippen molar-refractivity contribution in [2.75, 3.05) is 39.3 Å². The molecule has 2 saturated heterocycles. The zero-order chi connectivity index (χ0) is 18.0. The molecular weight excluding hydrogens is 368 g/mol. The molecule has 2 heterocycles. The molecule has 2 aliphatic heterocycles. The third-order valence-corrected chi connectivity index (χ3v) is 4.63. The highest BCUT2D eigenvalue weighted by Gasteiger charge is 2.34. The smallest absolute Gasteiger partial charge is 0.254 e. The van der Waals surface area contributed by atoms with Crippen LogP contribution in [0.1, 0.15) is 17.3 Å². The molecule has 26 heavy (non-hydrogen) atoms. The molecule has 3 rings (SSSR count). The lowest BCUT2D eigenvalue weighted by atomic mass is 10.1. The Hall–Kier alpha value is -1.77. The number of piperazine rings is 1. The van der Waals surface area contributed by atoms with E-state index in [9.17, 15) is 18.4 Å². The maximum absolute atomic E-state index is 13.3. The van der Waals surface area contributed by atoms with Crippen molar-refractivity contribution in [3.8, 4) is 0 Å². The number of nitrogens with one attached hydrogen (secondary N) is 1. The average molecular weight is 390 g/mol. The number of amides is 2. The van der Waals surface area contributed by atoms with Gasteiger partial charge in [0, 0.05) is 38.3 Å². The largest absolute Gasteiger partial charge is 0.375 e. The first kappa shape index (κ1) is 20.5. The molecule has 2 amide bonds. The lowest BCUT2D eigenvalue weighted by molar-refractivity contribution is -0.140. The maximum atomic E-state index is 13.3. The van der Waals surface area contributed by atoms with Gasteiger partial charge in [0.15, 0.2) is 11.6 Å². The Balaban J connectivity index is 0.00000243. The number of carbonyl (C=O) groups excluding carboxylic acids is 2. The maximum Gasteiger partial charge on any atom is 0.254 e. The number of rotatable bonds is 2. The van der Waals surface area contributed by atoms with Gasteiger partial charge in [-0.1, -0.05) is 0 Å². The van der Waals surface area contributed by atoms with Crippen LogP contribution in [0.25, 0.3) is 0 Å². The minimum Gasteiger partial charge on any atom is -0.375 e. The molecule has 0 saturated carbocycles. The minimum absolute atomic E-state index is 0. The fourth-order valence-corrected chi connectivity index (χ4v) is 3.15. The van der Waals surface area contributed by atoms with E-state index >= 15 is 0 Å². The van der Waals surface area contributed by atoms with Crippen LogP contribution in [-0.2, 0) is 9.53 Å². The lowest BCUT2D eigenvalue weighted by Gasteiger charge is -2.38. The van der Waals surface area contributed by atoms with Gasteiger partial charge in [-0.25, -0.2) is 8.78 Å². The summed E-state index contributed by atoms with van der Waals surface area (Å²) in [5, 5.41) is 3.16. The highest BCUT2D eigenvalue weighted by molar-refractivity contribution is 5.94. The topological polar surface area (TPSA) is 61.9 Å². The summed E-state index contributed by atoms with van der Waals surface area (Å²) < 4.78 is 31.8. The monoisotopic (exact) mass is 389 g/mol. The predicted octanol–water partition coefficient (Wildman–Crippen LogP) is 1.05. The molecule has 2 atom stereocenters. The van der Waals surface area contributed by atoms with E-state index in [4.69, 9.17) is 4.74 Å². The predicted molar refractivity (Wildman–Crippen MR) is 93.3 cm³/mol. The van der Waals surface area contributed by atoms with Crippen LogP contribution < -0.4 is 5.32 Å². The second-order valence-electron chi connectivity index (χ2n) is 6.25. The summed E-state index contributed by atoms with van der Waals surface area (Å²) in [5.41, 5.74) is 0.106. The summed E-state index contributed by atoms with van der Waals surface area (Å²) in [6.45, 7) is 4.59.